The maximum absolute atomic E-state index is 14.6. The summed E-state index contributed by atoms with van der Waals surface area (Å²) in [4.78, 5) is 82.3. The smallest absolute Gasteiger partial charge is 0.494 e. The van der Waals surface area contributed by atoms with Crippen LogP contribution in [0, 0.1) is 11.3 Å². The molecule has 570 valence electrons. The number of piperazine rings is 2. The van der Waals surface area contributed by atoms with Crippen LogP contribution in [0.2, 0.25) is 5.02 Å². The minimum atomic E-state index is -6.17. The molecule has 0 bridgehead atoms. The van der Waals surface area contributed by atoms with Gasteiger partial charge in [-0.05, 0) is 180 Å². The van der Waals surface area contributed by atoms with Gasteiger partial charge in [0.05, 0.1) is 29.3 Å². The third-order valence-electron chi connectivity index (χ3n) is 21.0. The molecule has 3 aliphatic heterocycles. The molecule has 0 unspecified atom stereocenters. The van der Waals surface area contributed by atoms with Gasteiger partial charge in [0.15, 0.2) is 0 Å². The maximum Gasteiger partial charge on any atom is 0.501 e. The van der Waals surface area contributed by atoms with Gasteiger partial charge in [-0.2, -0.15) is 13.2 Å². The number of nitrogens with one attached hydrogen (secondary N) is 4. The Bertz CT molecular complexity index is 4320. The molecular formula is C78H96ClF3N10O10S4. The van der Waals surface area contributed by atoms with E-state index in [9.17, 15) is 54.0 Å². The zero-order chi connectivity index (χ0) is 75.3. The molecule has 4 heterocycles. The highest BCUT2D eigenvalue weighted by molar-refractivity contribution is 7.99. The van der Waals surface area contributed by atoms with Crippen LogP contribution >= 0.6 is 34.7 Å². The second kappa shape index (κ2) is 35.8. The largest absolute Gasteiger partial charge is 0.501 e. The number of amides is 4. The van der Waals surface area contributed by atoms with Crippen LogP contribution in [0.15, 0.2) is 147 Å². The van der Waals surface area contributed by atoms with Gasteiger partial charge < -0.3 is 35.4 Å². The number of anilines is 2. The first-order valence-corrected chi connectivity index (χ1v) is 42.0. The first-order chi connectivity index (χ1) is 50.7. The Balaban J connectivity index is 0.648. The van der Waals surface area contributed by atoms with Crippen molar-refractivity contribution in [2.45, 2.75) is 155 Å². The van der Waals surface area contributed by atoms with E-state index < -0.39 is 64.9 Å². The Morgan fingerprint density at radius 1 is 0.783 bits per heavy atom. The molecule has 5 aliphatic rings. The number of nitrogens with zero attached hydrogens (tertiary/aromatic N) is 6. The van der Waals surface area contributed by atoms with Crippen molar-refractivity contribution in [1.82, 2.24) is 39.9 Å². The van der Waals surface area contributed by atoms with E-state index in [0.717, 1.165) is 100 Å². The van der Waals surface area contributed by atoms with Gasteiger partial charge in [-0.15, -0.1) is 23.1 Å². The van der Waals surface area contributed by atoms with Gasteiger partial charge in [-0.25, -0.2) is 26.5 Å². The fourth-order valence-electron chi connectivity index (χ4n) is 14.8. The second-order valence-corrected chi connectivity index (χ2v) is 35.1. The summed E-state index contributed by atoms with van der Waals surface area (Å²) in [6, 6.07) is 30.9. The lowest BCUT2D eigenvalue weighted by molar-refractivity contribution is -0.139. The van der Waals surface area contributed by atoms with E-state index in [1.54, 1.807) is 60.6 Å². The van der Waals surface area contributed by atoms with Crippen LogP contribution < -0.4 is 30.3 Å². The van der Waals surface area contributed by atoms with Crippen molar-refractivity contribution < 1.29 is 58.7 Å². The fraction of sp³-hybridized carbons (Fsp3) is 0.487. The number of halogens is 4. The Kier molecular flexibility index (Phi) is 26.9. The quantitative estimate of drug-likeness (QED) is 0.0186. The number of benzene rings is 5. The number of likely N-dealkylation sites (tertiary alicyclic amines) is 1. The van der Waals surface area contributed by atoms with Crippen LogP contribution in [0.3, 0.4) is 0 Å². The summed E-state index contributed by atoms with van der Waals surface area (Å²) in [5.74, 6) is -0.859. The van der Waals surface area contributed by atoms with Gasteiger partial charge >= 0.3 is 5.51 Å². The van der Waals surface area contributed by atoms with Gasteiger partial charge in [0.1, 0.15) is 27.4 Å². The van der Waals surface area contributed by atoms with Crippen molar-refractivity contribution in [2.75, 3.05) is 102 Å². The number of carbonyl (C=O) groups is 5. The van der Waals surface area contributed by atoms with Crippen molar-refractivity contribution in [3.05, 3.63) is 165 Å². The first kappa shape index (κ1) is 79.7. The van der Waals surface area contributed by atoms with Gasteiger partial charge in [0, 0.05) is 122 Å². The molecule has 1 aromatic heterocycles. The molecule has 4 fully saturated rings. The van der Waals surface area contributed by atoms with Crippen molar-refractivity contribution in [3.63, 3.8) is 0 Å². The van der Waals surface area contributed by atoms with E-state index in [0.29, 0.717) is 112 Å². The summed E-state index contributed by atoms with van der Waals surface area (Å²) in [7, 11) is -9.40. The van der Waals surface area contributed by atoms with Crippen molar-refractivity contribution in [1.29, 1.82) is 0 Å². The lowest BCUT2D eigenvalue weighted by Gasteiger charge is -2.39. The number of sulfonamides is 1. The van der Waals surface area contributed by atoms with Crippen LogP contribution in [-0.4, -0.2) is 186 Å². The molecule has 4 amide bonds. The van der Waals surface area contributed by atoms with Crippen molar-refractivity contribution in [3.8, 4) is 5.75 Å². The standard InChI is InChI=1S/C78H96ClF3N10O10S4/c1-53(83-4)73(95)86-71(55-15-7-5-8-16-55)76(97)92-36-14-21-68(92)75-85-67(52-104-75)72(94)57-17-13-18-62(47-57)102-46-12-11-22-70(93)91-44-38-88(39-45-91)37-34-60(51-103-63-19-9-6-10-20-63)84-66-32-31-64(48-69(66)105(98,99)78(80,81)82)106(100,101)87-74(96)56-25-29-61(30-26-56)90-42-40-89(41-43-90)50-58-49-77(2,3)35-33-65(58)54-23-27-59(79)28-24-54/h6,9-10,13,17-20,23-32,47-48,52-53,55,60,68,71,83-84H,5,7-8,11-12,14-16,21-22,33-46,49-51H2,1-4H3,(H,86,95)(H,87,96)/t53-,60+,68-,71+/m0/s1. The van der Waals surface area contributed by atoms with Gasteiger partial charge in [0.2, 0.25) is 23.5 Å². The number of unbranched alkanes of at least 4 members (excludes halogenated alkanes) is 1. The Labute approximate surface area is 634 Å². The monoisotopic (exact) mass is 1550 g/mol. The minimum Gasteiger partial charge on any atom is -0.494 e. The van der Waals surface area contributed by atoms with Crippen LogP contribution in [0.5, 0.6) is 5.75 Å². The van der Waals surface area contributed by atoms with E-state index in [-0.39, 0.29) is 64.3 Å². The number of hydrogen-bond donors (Lipinski definition) is 4. The average molecular weight is 1550 g/mol. The number of thioether (sulfide) groups is 1. The van der Waals surface area contributed by atoms with E-state index in [2.05, 4.69) is 56.6 Å². The lowest BCUT2D eigenvalue weighted by atomic mass is 9.73. The molecule has 3 saturated heterocycles. The molecule has 6 aromatic rings. The molecule has 1 saturated carbocycles. The first-order valence-electron chi connectivity index (χ1n) is 36.7. The number of rotatable bonds is 30. The Hall–Kier alpha value is -7.37. The van der Waals surface area contributed by atoms with Crippen LogP contribution in [0.25, 0.3) is 5.57 Å². The highest BCUT2D eigenvalue weighted by Crippen LogP contribution is 2.44. The maximum atomic E-state index is 14.6. The molecule has 28 heteroatoms. The van der Waals surface area contributed by atoms with E-state index in [1.807, 2.05) is 52.1 Å². The summed E-state index contributed by atoms with van der Waals surface area (Å²) >= 11 is 8.98. The molecule has 0 radical (unpaired) electrons. The molecule has 4 N–H and O–H groups in total. The zero-order valence-corrected chi connectivity index (χ0v) is 64.5. The molecule has 5 aromatic carbocycles. The van der Waals surface area contributed by atoms with Crippen LogP contribution in [0.1, 0.15) is 154 Å². The van der Waals surface area contributed by atoms with E-state index in [1.165, 1.54) is 51.9 Å². The number of alkyl halides is 3. The highest BCUT2D eigenvalue weighted by Gasteiger charge is 2.49. The third-order valence-corrected chi connectivity index (χ3v) is 26.3. The van der Waals surface area contributed by atoms with Crippen LogP contribution in [-0.2, 0) is 34.2 Å². The molecule has 2 aliphatic carbocycles. The number of likely N-dealkylation sites (N-methyl/N-ethyl adjacent to an activating group) is 1. The molecule has 11 rings (SSSR count). The molecule has 106 heavy (non-hydrogen) atoms. The van der Waals surface area contributed by atoms with Crippen molar-refractivity contribution in [2.24, 2.45) is 11.3 Å². The average Bonchev–Trinajstić information content (AvgIpc) is 0.952. The number of hydrogen-bond acceptors (Lipinski definition) is 18. The summed E-state index contributed by atoms with van der Waals surface area (Å²) in [6.07, 6.45) is 11.2. The topological polar surface area (TPSA) is 240 Å². The Morgan fingerprint density at radius 3 is 2.21 bits per heavy atom. The van der Waals surface area contributed by atoms with Gasteiger partial charge in [-0.3, -0.25) is 33.8 Å². The number of ketones is 1. The summed E-state index contributed by atoms with van der Waals surface area (Å²) in [5.41, 5.74) is -0.632. The number of allylic oxidation sites excluding steroid dienone is 1. The normalized spacial score (nSPS) is 18.8. The SMILES string of the molecule is CN[C@@H](C)C(=O)N[C@@H](C(=O)N1CCC[C@H]1c1nc(C(=O)c2cccc(OCCCCC(=O)N3CCN(CC[C@H](CSc4ccccc4)Nc4ccc(S(=O)(=O)NC(=O)c5ccc(N6CCN(CC7=C(c8ccc(Cl)cc8)CCC(C)(C)C7)CC6)cc5)cc4S(=O)(=O)C(F)(F)F)CC3)c2)cs1)C1CCCCC1. The number of thiazole rings is 1. The van der Waals surface area contributed by atoms with E-state index in [4.69, 9.17) is 21.3 Å². The van der Waals surface area contributed by atoms with Gasteiger partial charge in [0.25, 0.3) is 25.8 Å². The summed E-state index contributed by atoms with van der Waals surface area (Å²) in [5, 5.41) is 12.2. The van der Waals surface area contributed by atoms with E-state index >= 15 is 0 Å². The highest BCUT2D eigenvalue weighted by atomic mass is 35.5. The third kappa shape index (κ3) is 20.5. The summed E-state index contributed by atoms with van der Waals surface area (Å²) in [6.45, 7) is 13.4. The molecule has 20 nitrogen and oxygen atoms in total. The number of ether oxygens (including phenoxy) is 1. The predicted octanol–water partition coefficient (Wildman–Crippen LogP) is 12.9. The molecular weight excluding hydrogens is 1460 g/mol. The molecule has 4 atom stereocenters. The Morgan fingerprint density at radius 2 is 1.50 bits per heavy atom. The van der Waals surface area contributed by atoms with Gasteiger partial charge in [-0.1, -0.05) is 92.7 Å². The minimum absolute atomic E-state index is 0.0235. The summed E-state index contributed by atoms with van der Waals surface area (Å²) < 4.78 is 106. The second-order valence-electron chi connectivity index (χ2n) is 29.1. The number of aromatic nitrogens is 1. The number of carbonyl (C=O) groups excluding carboxylic acids is 5. The molecule has 0 spiro atoms. The fourth-order valence-corrected chi connectivity index (χ4v) is 18.8. The van der Waals surface area contributed by atoms with Crippen LogP contribution in [0.4, 0.5) is 24.5 Å². The predicted molar refractivity (Wildman–Crippen MR) is 410 cm³/mol. The zero-order valence-electron chi connectivity index (χ0n) is 60.5. The lowest BCUT2D eigenvalue weighted by Crippen LogP contribution is -2.55. The van der Waals surface area contributed by atoms with Crippen molar-refractivity contribution >= 4 is 101 Å². The number of sulfone groups is 1.